The Morgan fingerprint density at radius 2 is 1.78 bits per heavy atom. The van der Waals surface area contributed by atoms with Crippen LogP contribution in [0.5, 0.6) is 0 Å². The number of hydrogen-bond donors (Lipinski definition) is 1. The molecule has 0 aliphatic rings. The lowest BCUT2D eigenvalue weighted by molar-refractivity contribution is -0.142. The van der Waals surface area contributed by atoms with Crippen LogP contribution >= 0.6 is 22.6 Å². The van der Waals surface area contributed by atoms with Gasteiger partial charge in [-0.1, -0.05) is 19.1 Å². The number of carbonyl (C=O) groups excluding carboxylic acids is 1. The maximum absolute atomic E-state index is 11.6. The summed E-state index contributed by atoms with van der Waals surface area (Å²) in [6.45, 7) is 5.88. The Morgan fingerprint density at radius 1 is 1.28 bits per heavy atom. The van der Waals surface area contributed by atoms with Crippen LogP contribution in [0.2, 0.25) is 0 Å². The Morgan fingerprint density at radius 3 is 2.17 bits per heavy atom. The second-order valence-corrected chi connectivity index (χ2v) is 6.56. The highest BCUT2D eigenvalue weighted by atomic mass is 127. The summed E-state index contributed by atoms with van der Waals surface area (Å²) in [5.41, 5.74) is 6.36. The normalized spacial score (nSPS) is 15.0. The highest BCUT2D eigenvalue weighted by Crippen LogP contribution is 2.37. The zero-order valence-corrected chi connectivity index (χ0v) is 13.4. The van der Waals surface area contributed by atoms with Gasteiger partial charge in [-0.25, -0.2) is 0 Å². The molecule has 0 aliphatic carbocycles. The highest BCUT2D eigenvalue weighted by Gasteiger charge is 2.41. The summed E-state index contributed by atoms with van der Waals surface area (Å²) >= 11 is 2.26. The molecule has 18 heavy (non-hydrogen) atoms. The van der Waals surface area contributed by atoms with Gasteiger partial charge in [0.05, 0.1) is 13.5 Å². The number of halogens is 1. The molecule has 1 unspecified atom stereocenters. The molecule has 1 aromatic carbocycles. The van der Waals surface area contributed by atoms with E-state index in [4.69, 9.17) is 10.5 Å². The van der Waals surface area contributed by atoms with Gasteiger partial charge in [-0.2, -0.15) is 0 Å². The van der Waals surface area contributed by atoms with Crippen LogP contribution in [0.4, 0.5) is 0 Å². The number of benzene rings is 1. The molecule has 0 bridgehead atoms. The van der Waals surface area contributed by atoms with Crippen LogP contribution in [-0.4, -0.2) is 18.6 Å². The van der Waals surface area contributed by atoms with Crippen molar-refractivity contribution in [3.05, 3.63) is 33.4 Å². The van der Waals surface area contributed by atoms with Crippen LogP contribution in [0.3, 0.4) is 0 Å². The highest BCUT2D eigenvalue weighted by molar-refractivity contribution is 14.1. The van der Waals surface area contributed by atoms with E-state index in [0.29, 0.717) is 0 Å². The number of carbonyl (C=O) groups is 1. The average molecular weight is 361 g/mol. The summed E-state index contributed by atoms with van der Waals surface area (Å²) in [5, 5.41) is 0. The molecule has 4 heteroatoms. The van der Waals surface area contributed by atoms with Gasteiger partial charge >= 0.3 is 5.97 Å². The van der Waals surface area contributed by atoms with Gasteiger partial charge in [0.1, 0.15) is 0 Å². The van der Waals surface area contributed by atoms with Gasteiger partial charge in [0.25, 0.3) is 0 Å². The first-order valence-corrected chi connectivity index (χ1v) is 6.90. The Kier molecular flexibility index (Phi) is 4.78. The van der Waals surface area contributed by atoms with Gasteiger partial charge in [0, 0.05) is 14.5 Å². The smallest absolute Gasteiger partial charge is 0.306 e. The minimum atomic E-state index is -0.520. The van der Waals surface area contributed by atoms with Crippen LogP contribution in [0.25, 0.3) is 0 Å². The maximum Gasteiger partial charge on any atom is 0.306 e. The van der Waals surface area contributed by atoms with Crippen molar-refractivity contribution in [3.8, 4) is 0 Å². The lowest BCUT2D eigenvalue weighted by atomic mass is 9.66. The standard InChI is InChI=1S/C14H20INO2/c1-13(2,16)14(3,9-12(17)18-4)10-5-7-11(15)8-6-10/h5-8H,9,16H2,1-4H3. The molecule has 0 spiro atoms. The molecule has 100 valence electrons. The predicted octanol–water partition coefficient (Wildman–Crippen LogP) is 2.85. The third-order valence-electron chi connectivity index (χ3n) is 3.63. The second kappa shape index (κ2) is 5.57. The number of esters is 1. The van der Waals surface area contributed by atoms with E-state index in [9.17, 15) is 4.79 Å². The van der Waals surface area contributed by atoms with Crippen molar-refractivity contribution < 1.29 is 9.53 Å². The van der Waals surface area contributed by atoms with Crippen molar-refractivity contribution in [1.29, 1.82) is 0 Å². The van der Waals surface area contributed by atoms with E-state index < -0.39 is 11.0 Å². The number of nitrogens with two attached hydrogens (primary N) is 1. The van der Waals surface area contributed by atoms with Gasteiger partial charge in [-0.3, -0.25) is 4.79 Å². The molecule has 0 amide bonds. The van der Waals surface area contributed by atoms with Crippen molar-refractivity contribution in [2.24, 2.45) is 5.73 Å². The molecular weight excluding hydrogens is 341 g/mol. The van der Waals surface area contributed by atoms with Crippen molar-refractivity contribution in [1.82, 2.24) is 0 Å². The monoisotopic (exact) mass is 361 g/mol. The molecule has 0 fully saturated rings. The zero-order valence-electron chi connectivity index (χ0n) is 11.3. The third kappa shape index (κ3) is 3.23. The van der Waals surface area contributed by atoms with Crippen LogP contribution < -0.4 is 5.73 Å². The minimum absolute atomic E-state index is 0.241. The summed E-state index contributed by atoms with van der Waals surface area (Å²) in [6, 6.07) is 8.10. The Balaban J connectivity index is 3.20. The van der Waals surface area contributed by atoms with Crippen molar-refractivity contribution in [3.63, 3.8) is 0 Å². The van der Waals surface area contributed by atoms with Gasteiger partial charge in [-0.05, 0) is 54.1 Å². The molecule has 0 heterocycles. The third-order valence-corrected chi connectivity index (χ3v) is 4.35. The lowest BCUT2D eigenvalue weighted by Gasteiger charge is -2.41. The molecule has 0 radical (unpaired) electrons. The Labute approximate surface area is 122 Å². The van der Waals surface area contributed by atoms with E-state index >= 15 is 0 Å². The lowest BCUT2D eigenvalue weighted by Crippen LogP contribution is -2.53. The summed E-state index contributed by atoms with van der Waals surface area (Å²) in [4.78, 5) is 11.6. The molecule has 3 nitrogen and oxygen atoms in total. The van der Waals surface area contributed by atoms with Gasteiger partial charge < -0.3 is 10.5 Å². The number of ether oxygens (including phenoxy) is 1. The zero-order chi connectivity index (χ0) is 14.0. The molecule has 0 saturated heterocycles. The van der Waals surface area contributed by atoms with Crippen LogP contribution in [-0.2, 0) is 14.9 Å². The van der Waals surface area contributed by atoms with E-state index in [1.165, 1.54) is 7.11 Å². The molecule has 1 aromatic rings. The van der Waals surface area contributed by atoms with Crippen molar-refractivity contribution >= 4 is 28.6 Å². The van der Waals surface area contributed by atoms with E-state index in [2.05, 4.69) is 22.6 Å². The molecule has 0 aromatic heterocycles. The first-order valence-electron chi connectivity index (χ1n) is 5.82. The molecular formula is C14H20INO2. The Bertz CT molecular complexity index is 422. The van der Waals surface area contributed by atoms with Crippen molar-refractivity contribution in [2.75, 3.05) is 7.11 Å². The quantitative estimate of drug-likeness (QED) is 0.663. The Hall–Kier alpha value is -0.620. The van der Waals surface area contributed by atoms with Gasteiger partial charge in [-0.15, -0.1) is 0 Å². The number of methoxy groups -OCH3 is 1. The van der Waals surface area contributed by atoms with Crippen LogP contribution in [0.15, 0.2) is 24.3 Å². The number of rotatable bonds is 4. The minimum Gasteiger partial charge on any atom is -0.469 e. The fourth-order valence-electron chi connectivity index (χ4n) is 1.88. The predicted molar refractivity (Wildman–Crippen MR) is 81.4 cm³/mol. The fraction of sp³-hybridized carbons (Fsp3) is 0.500. The molecule has 0 saturated carbocycles. The fourth-order valence-corrected chi connectivity index (χ4v) is 2.24. The SMILES string of the molecule is COC(=O)CC(C)(c1ccc(I)cc1)C(C)(C)N. The average Bonchev–Trinajstić information content (AvgIpc) is 2.28. The summed E-state index contributed by atoms with van der Waals surface area (Å²) in [7, 11) is 1.40. The summed E-state index contributed by atoms with van der Waals surface area (Å²) in [5.74, 6) is -0.241. The molecule has 2 N–H and O–H groups in total. The van der Waals surface area contributed by atoms with E-state index in [-0.39, 0.29) is 12.4 Å². The summed E-state index contributed by atoms with van der Waals surface area (Å²) < 4.78 is 5.95. The van der Waals surface area contributed by atoms with E-state index in [1.807, 2.05) is 45.0 Å². The largest absolute Gasteiger partial charge is 0.469 e. The van der Waals surface area contributed by atoms with Crippen molar-refractivity contribution in [2.45, 2.75) is 38.1 Å². The van der Waals surface area contributed by atoms with Crippen LogP contribution in [0, 0.1) is 3.57 Å². The van der Waals surface area contributed by atoms with E-state index in [1.54, 1.807) is 0 Å². The van der Waals surface area contributed by atoms with E-state index in [0.717, 1.165) is 9.13 Å². The molecule has 1 atom stereocenters. The van der Waals surface area contributed by atoms with Gasteiger partial charge in [0.2, 0.25) is 0 Å². The molecule has 1 rings (SSSR count). The van der Waals surface area contributed by atoms with Crippen LogP contribution in [0.1, 0.15) is 32.8 Å². The maximum atomic E-state index is 11.6. The first-order chi connectivity index (χ1) is 8.20. The van der Waals surface area contributed by atoms with Gasteiger partial charge in [0.15, 0.2) is 0 Å². The molecule has 0 aliphatic heterocycles. The second-order valence-electron chi connectivity index (χ2n) is 5.31. The first kappa shape index (κ1) is 15.4. The number of hydrogen-bond acceptors (Lipinski definition) is 3. The topological polar surface area (TPSA) is 52.3 Å². The summed E-state index contributed by atoms with van der Waals surface area (Å²) in [6.07, 6.45) is 0.271.